The molecule has 2 unspecified atom stereocenters. The average molecular weight is 272 g/mol. The number of nitrogens with two attached hydrogens (primary N) is 1. The first kappa shape index (κ1) is 13.5. The molecule has 0 spiro atoms. The molecule has 0 aliphatic heterocycles. The first-order valence-corrected chi connectivity index (χ1v) is 7.65. The summed E-state index contributed by atoms with van der Waals surface area (Å²) < 4.78 is 7.93. The van der Waals surface area contributed by atoms with Crippen molar-refractivity contribution in [2.24, 2.45) is 5.73 Å². The zero-order chi connectivity index (χ0) is 14.1. The van der Waals surface area contributed by atoms with E-state index in [9.17, 15) is 0 Å². The molecule has 0 aromatic carbocycles. The van der Waals surface area contributed by atoms with Crippen molar-refractivity contribution in [2.75, 3.05) is 0 Å². The van der Waals surface area contributed by atoms with Gasteiger partial charge in [-0.1, -0.05) is 0 Å². The van der Waals surface area contributed by atoms with Gasteiger partial charge >= 0.3 is 0 Å². The number of hydrogen-bond acceptors (Lipinski definition) is 2. The third-order valence-electron chi connectivity index (χ3n) is 4.53. The van der Waals surface area contributed by atoms with E-state index in [-0.39, 0.29) is 6.04 Å². The average Bonchev–Trinajstić information content (AvgIpc) is 3.04. The van der Waals surface area contributed by atoms with E-state index in [1.165, 1.54) is 29.8 Å². The molecule has 3 heteroatoms. The van der Waals surface area contributed by atoms with Crippen LogP contribution in [0.1, 0.15) is 61.0 Å². The predicted octanol–water partition coefficient (Wildman–Crippen LogP) is 3.92. The molecule has 2 atom stereocenters. The summed E-state index contributed by atoms with van der Waals surface area (Å²) in [6.45, 7) is 4.50. The predicted molar refractivity (Wildman–Crippen MR) is 80.8 cm³/mol. The second-order valence-corrected chi connectivity index (χ2v) is 6.02. The minimum atomic E-state index is 0.232. The first-order valence-electron chi connectivity index (χ1n) is 7.65. The molecule has 2 N–H and O–H groups in total. The summed E-state index contributed by atoms with van der Waals surface area (Å²) in [6, 6.07) is 7.04. The number of furan rings is 1. The summed E-state index contributed by atoms with van der Waals surface area (Å²) in [5, 5.41) is 0. The monoisotopic (exact) mass is 272 g/mol. The van der Waals surface area contributed by atoms with Crippen LogP contribution in [-0.4, -0.2) is 4.57 Å². The molecule has 108 valence electrons. The van der Waals surface area contributed by atoms with Gasteiger partial charge in [-0.05, 0) is 63.3 Å². The van der Waals surface area contributed by atoms with Crippen LogP contribution in [0, 0.1) is 6.92 Å². The first-order chi connectivity index (χ1) is 9.66. The van der Waals surface area contributed by atoms with Crippen molar-refractivity contribution in [2.45, 2.75) is 58.0 Å². The molecule has 20 heavy (non-hydrogen) atoms. The molecule has 0 fully saturated rings. The van der Waals surface area contributed by atoms with E-state index >= 15 is 0 Å². The molecule has 2 aromatic rings. The lowest BCUT2D eigenvalue weighted by Gasteiger charge is -2.24. The lowest BCUT2D eigenvalue weighted by molar-refractivity contribution is 0.433. The molecule has 0 saturated carbocycles. The van der Waals surface area contributed by atoms with Crippen molar-refractivity contribution in [3.8, 4) is 0 Å². The summed E-state index contributed by atoms with van der Waals surface area (Å²) in [7, 11) is 0. The van der Waals surface area contributed by atoms with E-state index in [0.717, 1.165) is 25.0 Å². The van der Waals surface area contributed by atoms with E-state index in [4.69, 9.17) is 10.2 Å². The highest BCUT2D eigenvalue weighted by Crippen LogP contribution is 2.33. The normalized spacial score (nSPS) is 19.9. The second-order valence-electron chi connectivity index (χ2n) is 6.02. The number of aryl methyl sites for hydroxylation is 2. The van der Waals surface area contributed by atoms with Gasteiger partial charge in [0.25, 0.3) is 0 Å². The van der Waals surface area contributed by atoms with Crippen molar-refractivity contribution in [3.63, 3.8) is 0 Å². The van der Waals surface area contributed by atoms with Gasteiger partial charge in [0.1, 0.15) is 5.76 Å². The third kappa shape index (κ3) is 2.42. The van der Waals surface area contributed by atoms with Crippen LogP contribution in [0.2, 0.25) is 0 Å². The van der Waals surface area contributed by atoms with Gasteiger partial charge in [0, 0.05) is 29.9 Å². The van der Waals surface area contributed by atoms with E-state index in [2.05, 4.69) is 30.5 Å². The number of aromatic nitrogens is 1. The SMILES string of the molecule is Cc1cc2c(n1C(C)CCc1ccco1)CCCC2N. The highest BCUT2D eigenvalue weighted by atomic mass is 16.3. The Morgan fingerprint density at radius 3 is 3.10 bits per heavy atom. The topological polar surface area (TPSA) is 44.1 Å². The minimum absolute atomic E-state index is 0.232. The standard InChI is InChI=1S/C17H24N2O/c1-12(8-9-14-5-4-10-20-14)19-13(2)11-15-16(18)6-3-7-17(15)19/h4-5,10-12,16H,3,6-9,18H2,1-2H3. The Labute approximate surface area is 120 Å². The van der Waals surface area contributed by atoms with Crippen LogP contribution in [0.3, 0.4) is 0 Å². The smallest absolute Gasteiger partial charge is 0.103 e. The van der Waals surface area contributed by atoms with Gasteiger partial charge in [-0.2, -0.15) is 0 Å². The van der Waals surface area contributed by atoms with Gasteiger partial charge in [-0.3, -0.25) is 0 Å². The quantitative estimate of drug-likeness (QED) is 0.916. The Kier molecular flexibility index (Phi) is 3.70. The van der Waals surface area contributed by atoms with Gasteiger partial charge in [-0.15, -0.1) is 0 Å². The highest BCUT2D eigenvalue weighted by Gasteiger charge is 2.24. The maximum absolute atomic E-state index is 6.25. The number of fused-ring (bicyclic) bond motifs is 1. The Bertz CT molecular complexity index is 568. The molecule has 0 bridgehead atoms. The Hall–Kier alpha value is -1.48. The molecule has 0 saturated heterocycles. The van der Waals surface area contributed by atoms with Crippen molar-refractivity contribution < 1.29 is 4.42 Å². The lowest BCUT2D eigenvalue weighted by Crippen LogP contribution is -2.19. The molecule has 1 aliphatic rings. The third-order valence-corrected chi connectivity index (χ3v) is 4.53. The molecule has 3 nitrogen and oxygen atoms in total. The van der Waals surface area contributed by atoms with Gasteiger partial charge in [0.05, 0.1) is 6.26 Å². The molecule has 3 rings (SSSR count). The fourth-order valence-corrected chi connectivity index (χ4v) is 3.51. The van der Waals surface area contributed by atoms with E-state index < -0.39 is 0 Å². The van der Waals surface area contributed by atoms with Crippen molar-refractivity contribution in [1.82, 2.24) is 4.57 Å². The van der Waals surface area contributed by atoms with Crippen LogP contribution in [0.15, 0.2) is 28.9 Å². The van der Waals surface area contributed by atoms with E-state index in [1.54, 1.807) is 6.26 Å². The molecular weight excluding hydrogens is 248 g/mol. The van der Waals surface area contributed by atoms with Crippen LogP contribution in [0.25, 0.3) is 0 Å². The number of hydrogen-bond donors (Lipinski definition) is 1. The molecule has 1 aliphatic carbocycles. The minimum Gasteiger partial charge on any atom is -0.469 e. The molecule has 2 aromatic heterocycles. The maximum atomic E-state index is 6.25. The van der Waals surface area contributed by atoms with E-state index in [0.29, 0.717) is 6.04 Å². The van der Waals surface area contributed by atoms with Crippen LogP contribution in [0.5, 0.6) is 0 Å². The molecule has 0 amide bonds. The van der Waals surface area contributed by atoms with Gasteiger partial charge < -0.3 is 14.7 Å². The zero-order valence-corrected chi connectivity index (χ0v) is 12.4. The van der Waals surface area contributed by atoms with Crippen molar-refractivity contribution >= 4 is 0 Å². The van der Waals surface area contributed by atoms with Crippen molar-refractivity contribution in [1.29, 1.82) is 0 Å². The Balaban J connectivity index is 1.79. The van der Waals surface area contributed by atoms with Crippen LogP contribution in [-0.2, 0) is 12.8 Å². The zero-order valence-electron chi connectivity index (χ0n) is 12.4. The summed E-state index contributed by atoms with van der Waals surface area (Å²) in [5.74, 6) is 1.08. The summed E-state index contributed by atoms with van der Waals surface area (Å²) in [4.78, 5) is 0. The fourth-order valence-electron chi connectivity index (χ4n) is 3.51. The van der Waals surface area contributed by atoms with Gasteiger partial charge in [0.2, 0.25) is 0 Å². The number of nitrogens with zero attached hydrogens (tertiary/aromatic N) is 1. The lowest BCUT2D eigenvalue weighted by atomic mass is 9.93. The molecule has 2 heterocycles. The molecular formula is C17H24N2O. The molecule has 0 radical (unpaired) electrons. The van der Waals surface area contributed by atoms with Gasteiger partial charge in [-0.25, -0.2) is 0 Å². The second kappa shape index (κ2) is 5.49. The van der Waals surface area contributed by atoms with Crippen LogP contribution < -0.4 is 5.73 Å². The summed E-state index contributed by atoms with van der Waals surface area (Å²) in [5.41, 5.74) is 10.4. The van der Waals surface area contributed by atoms with Crippen molar-refractivity contribution in [3.05, 3.63) is 47.2 Å². The maximum Gasteiger partial charge on any atom is 0.103 e. The van der Waals surface area contributed by atoms with Crippen LogP contribution >= 0.6 is 0 Å². The summed E-state index contributed by atoms with van der Waals surface area (Å²) in [6.07, 6.45) is 7.35. The van der Waals surface area contributed by atoms with Crippen LogP contribution in [0.4, 0.5) is 0 Å². The summed E-state index contributed by atoms with van der Waals surface area (Å²) >= 11 is 0. The van der Waals surface area contributed by atoms with E-state index in [1.807, 2.05) is 6.07 Å². The highest BCUT2D eigenvalue weighted by molar-refractivity contribution is 5.33. The number of rotatable bonds is 4. The Morgan fingerprint density at radius 1 is 1.50 bits per heavy atom. The Morgan fingerprint density at radius 2 is 2.35 bits per heavy atom. The fraction of sp³-hybridized carbons (Fsp3) is 0.529. The largest absolute Gasteiger partial charge is 0.469 e. The van der Waals surface area contributed by atoms with Gasteiger partial charge in [0.15, 0.2) is 0 Å².